The highest BCUT2D eigenvalue weighted by molar-refractivity contribution is 9.10. The first-order valence-electron chi connectivity index (χ1n) is 6.19. The number of nitrogens with two attached hydrogens (primary N) is 1. The van der Waals surface area contributed by atoms with Gasteiger partial charge in [-0.05, 0) is 28.1 Å². The van der Waals surface area contributed by atoms with E-state index in [1.54, 1.807) is 18.4 Å². The number of benzene rings is 2. The highest BCUT2D eigenvalue weighted by atomic mass is 79.9. The summed E-state index contributed by atoms with van der Waals surface area (Å²) in [5.41, 5.74) is 4.46. The molecule has 2 aromatic carbocycles. The van der Waals surface area contributed by atoms with Crippen LogP contribution in [0.25, 0.3) is 11.0 Å². The third kappa shape index (κ3) is 2.46. The average Bonchev–Trinajstić information content (AvgIpc) is 2.92. The lowest BCUT2D eigenvalue weighted by molar-refractivity contribution is 0.550. The lowest BCUT2D eigenvalue weighted by Crippen LogP contribution is -2.29. The van der Waals surface area contributed by atoms with Gasteiger partial charge in [-0.25, -0.2) is 9.82 Å². The third-order valence-corrected chi connectivity index (χ3v) is 4.62. The minimum absolute atomic E-state index is 0.0283. The van der Waals surface area contributed by atoms with E-state index in [4.69, 9.17) is 21.9 Å². The Morgan fingerprint density at radius 2 is 1.95 bits per heavy atom. The van der Waals surface area contributed by atoms with E-state index in [1.807, 2.05) is 24.3 Å². The number of halogens is 3. The molecule has 0 radical (unpaired) electrons. The van der Waals surface area contributed by atoms with Crippen molar-refractivity contribution in [2.45, 2.75) is 6.04 Å². The van der Waals surface area contributed by atoms with Crippen molar-refractivity contribution in [2.75, 3.05) is 0 Å². The first-order chi connectivity index (χ1) is 10.1. The summed E-state index contributed by atoms with van der Waals surface area (Å²) >= 11 is 9.15. The number of rotatable bonds is 3. The zero-order valence-corrected chi connectivity index (χ0v) is 13.1. The number of para-hydroxylation sites is 1. The molecule has 6 heteroatoms. The summed E-state index contributed by atoms with van der Waals surface area (Å²) in [6, 6.07) is 10.3. The van der Waals surface area contributed by atoms with E-state index in [1.165, 1.54) is 0 Å². The molecule has 1 atom stereocenters. The monoisotopic (exact) mass is 368 g/mol. The van der Waals surface area contributed by atoms with Gasteiger partial charge >= 0.3 is 0 Å². The molecule has 0 saturated heterocycles. The summed E-state index contributed by atoms with van der Waals surface area (Å²) < 4.78 is 20.4. The Bertz CT molecular complexity index is 805. The first kappa shape index (κ1) is 14.5. The predicted molar refractivity (Wildman–Crippen MR) is 84.5 cm³/mol. The zero-order chi connectivity index (χ0) is 15.0. The van der Waals surface area contributed by atoms with Gasteiger partial charge in [-0.3, -0.25) is 5.84 Å². The molecule has 0 aliphatic carbocycles. The molecule has 3 aromatic rings. The Morgan fingerprint density at radius 3 is 2.71 bits per heavy atom. The molecule has 3 N–H and O–H groups in total. The summed E-state index contributed by atoms with van der Waals surface area (Å²) in [5, 5.41) is 0.902. The molecule has 0 fully saturated rings. The van der Waals surface area contributed by atoms with Gasteiger partial charge in [0.15, 0.2) is 0 Å². The fourth-order valence-corrected chi connectivity index (χ4v) is 2.81. The van der Waals surface area contributed by atoms with Gasteiger partial charge in [-0.15, -0.1) is 0 Å². The molecule has 0 aliphatic rings. The third-order valence-electron chi connectivity index (χ3n) is 3.36. The van der Waals surface area contributed by atoms with Crippen LogP contribution in [0.5, 0.6) is 0 Å². The SMILES string of the molecule is NNC(c1ccc(Br)c(Cl)c1F)c1coc2ccccc12. The molecule has 0 bridgehead atoms. The van der Waals surface area contributed by atoms with Crippen LogP contribution in [0.3, 0.4) is 0 Å². The van der Waals surface area contributed by atoms with Crippen LogP contribution in [-0.4, -0.2) is 0 Å². The highest BCUT2D eigenvalue weighted by Gasteiger charge is 2.23. The summed E-state index contributed by atoms with van der Waals surface area (Å²) in [6.07, 6.45) is 1.57. The molecule has 0 aliphatic heterocycles. The maximum Gasteiger partial charge on any atom is 0.148 e. The molecule has 1 heterocycles. The van der Waals surface area contributed by atoms with E-state index in [-0.39, 0.29) is 5.02 Å². The minimum atomic E-state index is -0.556. The Kier molecular flexibility index (Phi) is 3.99. The Labute approximate surface area is 134 Å². The molecule has 3 rings (SSSR count). The number of furan rings is 1. The van der Waals surface area contributed by atoms with Crippen molar-refractivity contribution in [2.24, 2.45) is 5.84 Å². The van der Waals surface area contributed by atoms with Crippen LogP contribution in [-0.2, 0) is 0 Å². The van der Waals surface area contributed by atoms with Crippen molar-refractivity contribution < 1.29 is 8.81 Å². The van der Waals surface area contributed by atoms with Gasteiger partial charge in [0, 0.05) is 21.0 Å². The molecule has 3 nitrogen and oxygen atoms in total. The van der Waals surface area contributed by atoms with E-state index in [9.17, 15) is 4.39 Å². The summed E-state index contributed by atoms with van der Waals surface area (Å²) in [7, 11) is 0. The molecule has 0 amide bonds. The van der Waals surface area contributed by atoms with Crippen molar-refractivity contribution in [3.63, 3.8) is 0 Å². The minimum Gasteiger partial charge on any atom is -0.464 e. The first-order valence-corrected chi connectivity index (χ1v) is 7.36. The quantitative estimate of drug-likeness (QED) is 0.405. The Hall–Kier alpha value is -1.40. The lowest BCUT2D eigenvalue weighted by Gasteiger charge is -2.17. The van der Waals surface area contributed by atoms with Crippen molar-refractivity contribution in [1.82, 2.24) is 5.43 Å². The van der Waals surface area contributed by atoms with E-state index in [0.717, 1.165) is 16.5 Å². The standard InChI is InChI=1S/C15H11BrClFN2O/c16-11-6-5-9(14(18)13(11)17)15(20-19)10-7-21-12-4-2-1-3-8(10)12/h1-7,15,20H,19H2. The summed E-state index contributed by atoms with van der Waals surface area (Å²) in [4.78, 5) is 0. The fourth-order valence-electron chi connectivity index (χ4n) is 2.33. The van der Waals surface area contributed by atoms with Gasteiger partial charge in [0.05, 0.1) is 17.3 Å². The predicted octanol–water partition coefficient (Wildman–Crippen LogP) is 4.54. The number of hydrazine groups is 1. The lowest BCUT2D eigenvalue weighted by atomic mass is 9.98. The van der Waals surface area contributed by atoms with E-state index in [0.29, 0.717) is 10.0 Å². The average molecular weight is 370 g/mol. The summed E-state index contributed by atoms with van der Waals surface area (Å²) in [5.74, 6) is 5.12. The molecule has 0 spiro atoms. The van der Waals surface area contributed by atoms with Crippen LogP contribution in [0, 0.1) is 5.82 Å². The maximum atomic E-state index is 14.4. The van der Waals surface area contributed by atoms with Crippen molar-refractivity contribution in [3.05, 3.63) is 69.1 Å². The summed E-state index contributed by atoms with van der Waals surface area (Å²) in [6.45, 7) is 0. The van der Waals surface area contributed by atoms with Gasteiger partial charge in [0.1, 0.15) is 11.4 Å². The van der Waals surface area contributed by atoms with Crippen LogP contribution in [0.15, 0.2) is 51.6 Å². The van der Waals surface area contributed by atoms with Gasteiger partial charge in [-0.1, -0.05) is 35.9 Å². The van der Waals surface area contributed by atoms with E-state index >= 15 is 0 Å². The van der Waals surface area contributed by atoms with Crippen LogP contribution in [0.2, 0.25) is 5.02 Å². The molecule has 1 unspecified atom stereocenters. The largest absolute Gasteiger partial charge is 0.464 e. The van der Waals surface area contributed by atoms with Gasteiger partial charge in [0.2, 0.25) is 0 Å². The van der Waals surface area contributed by atoms with E-state index < -0.39 is 11.9 Å². The van der Waals surface area contributed by atoms with Crippen molar-refractivity contribution in [3.8, 4) is 0 Å². The molecule has 21 heavy (non-hydrogen) atoms. The fraction of sp³-hybridized carbons (Fsp3) is 0.0667. The maximum absolute atomic E-state index is 14.4. The second-order valence-corrected chi connectivity index (χ2v) is 5.78. The Balaban J connectivity index is 2.17. The van der Waals surface area contributed by atoms with E-state index in [2.05, 4.69) is 21.4 Å². The zero-order valence-electron chi connectivity index (χ0n) is 10.7. The van der Waals surface area contributed by atoms with Gasteiger partial charge in [-0.2, -0.15) is 0 Å². The van der Waals surface area contributed by atoms with Gasteiger partial charge < -0.3 is 4.42 Å². The van der Waals surface area contributed by atoms with Crippen molar-refractivity contribution in [1.29, 1.82) is 0 Å². The Morgan fingerprint density at radius 1 is 1.19 bits per heavy atom. The number of hydrogen-bond donors (Lipinski definition) is 2. The molecular weight excluding hydrogens is 359 g/mol. The molecular formula is C15H11BrClFN2O. The normalized spacial score (nSPS) is 12.8. The number of nitrogens with one attached hydrogen (secondary N) is 1. The topological polar surface area (TPSA) is 51.2 Å². The second-order valence-electron chi connectivity index (χ2n) is 4.55. The van der Waals surface area contributed by atoms with Crippen LogP contribution < -0.4 is 11.3 Å². The van der Waals surface area contributed by atoms with Crippen molar-refractivity contribution >= 4 is 38.5 Å². The molecule has 1 aromatic heterocycles. The van der Waals surface area contributed by atoms with Crippen LogP contribution in [0.1, 0.15) is 17.2 Å². The van der Waals surface area contributed by atoms with Gasteiger partial charge in [0.25, 0.3) is 0 Å². The second kappa shape index (κ2) is 5.77. The number of hydrogen-bond acceptors (Lipinski definition) is 3. The molecule has 108 valence electrons. The van der Waals surface area contributed by atoms with Crippen LogP contribution >= 0.6 is 27.5 Å². The van der Waals surface area contributed by atoms with Crippen LogP contribution in [0.4, 0.5) is 4.39 Å². The smallest absolute Gasteiger partial charge is 0.148 e. The number of fused-ring (bicyclic) bond motifs is 1. The molecule has 0 saturated carbocycles. The highest BCUT2D eigenvalue weighted by Crippen LogP contribution is 2.35.